The summed E-state index contributed by atoms with van der Waals surface area (Å²) in [6, 6.07) is 10.9. The minimum atomic E-state index is -0.934. The first-order valence-electron chi connectivity index (χ1n) is 11.3. The van der Waals surface area contributed by atoms with E-state index < -0.39 is 35.6 Å². The highest BCUT2D eigenvalue weighted by Crippen LogP contribution is 2.29. The lowest BCUT2D eigenvalue weighted by Gasteiger charge is -2.33. The molecule has 0 saturated heterocycles. The Bertz CT molecular complexity index is 1030. The van der Waals surface area contributed by atoms with Gasteiger partial charge in [-0.25, -0.2) is 4.79 Å². The number of likely N-dealkylation sites (N-methyl/N-ethyl adjacent to an activating group) is 1. The predicted octanol–water partition coefficient (Wildman–Crippen LogP) is 5.40. The summed E-state index contributed by atoms with van der Waals surface area (Å²) in [5.41, 5.74) is 2.21. The lowest BCUT2D eigenvalue weighted by molar-refractivity contribution is -0.140. The molecule has 34 heavy (non-hydrogen) atoms. The molecule has 0 aromatic heterocycles. The molecule has 7 nitrogen and oxygen atoms in total. The fourth-order valence-corrected chi connectivity index (χ4v) is 3.82. The van der Waals surface area contributed by atoms with E-state index in [0.717, 1.165) is 11.1 Å². The Kier molecular flexibility index (Phi) is 9.10. The van der Waals surface area contributed by atoms with Gasteiger partial charge in [0.15, 0.2) is 0 Å². The Morgan fingerprint density at radius 2 is 1.74 bits per heavy atom. The second kappa shape index (κ2) is 11.4. The van der Waals surface area contributed by atoms with Gasteiger partial charge in [-0.05, 0) is 65.7 Å². The molecule has 0 aliphatic rings. The van der Waals surface area contributed by atoms with Crippen LogP contribution in [0.3, 0.4) is 0 Å². The van der Waals surface area contributed by atoms with E-state index in [2.05, 4.69) is 10.6 Å². The van der Waals surface area contributed by atoms with Crippen LogP contribution < -0.4 is 10.6 Å². The van der Waals surface area contributed by atoms with Gasteiger partial charge in [0.1, 0.15) is 17.7 Å². The maximum Gasteiger partial charge on any atom is 0.408 e. The molecular formula is C26H34ClN3O4. The van der Waals surface area contributed by atoms with Gasteiger partial charge in [-0.1, -0.05) is 53.6 Å². The first-order valence-corrected chi connectivity index (χ1v) is 11.6. The van der Waals surface area contributed by atoms with E-state index in [1.54, 1.807) is 52.8 Å². The number of alkyl carbamates (subject to hydrolysis) is 1. The number of aryl methyl sites for hydroxylation is 2. The van der Waals surface area contributed by atoms with E-state index in [0.29, 0.717) is 16.3 Å². The zero-order valence-electron chi connectivity index (χ0n) is 20.9. The average Bonchev–Trinajstić information content (AvgIpc) is 2.72. The number of carbonyl (C=O) groups is 3. The van der Waals surface area contributed by atoms with Gasteiger partial charge in [0.25, 0.3) is 5.91 Å². The number of halogens is 1. The summed E-state index contributed by atoms with van der Waals surface area (Å²) in [5.74, 6) is -0.813. The Morgan fingerprint density at radius 3 is 2.29 bits per heavy atom. The van der Waals surface area contributed by atoms with Crippen LogP contribution in [0.4, 0.5) is 10.5 Å². The molecule has 184 valence electrons. The molecule has 0 aliphatic carbocycles. The molecule has 0 fully saturated rings. The molecule has 0 heterocycles. The first kappa shape index (κ1) is 27.2. The van der Waals surface area contributed by atoms with Crippen LogP contribution in [-0.2, 0) is 14.3 Å². The predicted molar refractivity (Wildman–Crippen MR) is 135 cm³/mol. The van der Waals surface area contributed by atoms with Crippen molar-refractivity contribution in [3.05, 3.63) is 64.2 Å². The molecule has 0 bridgehead atoms. The SMILES string of the molecule is CCN(C(=O)C(C)NC(=O)OC(C)(C)C)C(C(=O)Nc1c(C)cccc1Cl)c1cccc(C)c1. The molecule has 2 aromatic rings. The summed E-state index contributed by atoms with van der Waals surface area (Å²) in [4.78, 5) is 40.7. The van der Waals surface area contributed by atoms with Gasteiger partial charge in [0, 0.05) is 6.54 Å². The van der Waals surface area contributed by atoms with E-state index in [1.807, 2.05) is 38.1 Å². The van der Waals surface area contributed by atoms with Gasteiger partial charge in [-0.15, -0.1) is 0 Å². The van der Waals surface area contributed by atoms with E-state index in [4.69, 9.17) is 16.3 Å². The highest BCUT2D eigenvalue weighted by Gasteiger charge is 2.34. The van der Waals surface area contributed by atoms with E-state index in [-0.39, 0.29) is 6.54 Å². The largest absolute Gasteiger partial charge is 0.444 e. The fourth-order valence-electron chi connectivity index (χ4n) is 3.56. The summed E-state index contributed by atoms with van der Waals surface area (Å²) >= 11 is 6.33. The third-order valence-electron chi connectivity index (χ3n) is 5.12. The smallest absolute Gasteiger partial charge is 0.408 e. The van der Waals surface area contributed by atoms with Crippen LogP contribution in [0.15, 0.2) is 42.5 Å². The third-order valence-corrected chi connectivity index (χ3v) is 5.43. The standard InChI is InChI=1S/C26H34ClN3O4/c1-8-30(24(32)18(4)28-25(33)34-26(5,6)7)22(19-13-9-11-16(2)15-19)23(31)29-21-17(3)12-10-14-20(21)27/h9-15,18,22H,8H2,1-7H3,(H,28,33)(H,29,31). The number of hydrogen-bond donors (Lipinski definition) is 2. The number of nitrogens with one attached hydrogen (secondary N) is 2. The topological polar surface area (TPSA) is 87.7 Å². The van der Waals surface area contributed by atoms with Crippen LogP contribution in [0.5, 0.6) is 0 Å². The zero-order chi connectivity index (χ0) is 25.6. The number of para-hydroxylation sites is 1. The van der Waals surface area contributed by atoms with E-state index >= 15 is 0 Å². The van der Waals surface area contributed by atoms with Gasteiger partial charge in [0.2, 0.25) is 5.91 Å². The molecule has 0 radical (unpaired) electrons. The number of ether oxygens (including phenoxy) is 1. The Labute approximate surface area is 206 Å². The highest BCUT2D eigenvalue weighted by molar-refractivity contribution is 6.34. The molecular weight excluding hydrogens is 454 g/mol. The quantitative estimate of drug-likeness (QED) is 0.547. The summed E-state index contributed by atoms with van der Waals surface area (Å²) in [6.07, 6.45) is -0.701. The molecule has 2 unspecified atom stereocenters. The number of rotatable bonds is 7. The van der Waals surface area contributed by atoms with Crippen molar-refractivity contribution in [1.82, 2.24) is 10.2 Å². The van der Waals surface area contributed by atoms with Crippen molar-refractivity contribution >= 4 is 35.2 Å². The van der Waals surface area contributed by atoms with Crippen LogP contribution >= 0.6 is 11.6 Å². The fraction of sp³-hybridized carbons (Fsp3) is 0.423. The van der Waals surface area contributed by atoms with Crippen molar-refractivity contribution < 1.29 is 19.1 Å². The molecule has 2 atom stereocenters. The van der Waals surface area contributed by atoms with Crippen molar-refractivity contribution in [2.45, 2.75) is 66.2 Å². The van der Waals surface area contributed by atoms with Crippen molar-refractivity contribution in [1.29, 1.82) is 0 Å². The minimum absolute atomic E-state index is 0.243. The summed E-state index contributed by atoms with van der Waals surface area (Å²) in [7, 11) is 0. The van der Waals surface area contributed by atoms with Gasteiger partial charge in [-0.2, -0.15) is 0 Å². The Morgan fingerprint density at radius 1 is 1.09 bits per heavy atom. The molecule has 8 heteroatoms. The van der Waals surface area contributed by atoms with Gasteiger partial charge in [-0.3, -0.25) is 9.59 Å². The van der Waals surface area contributed by atoms with Crippen LogP contribution in [0.1, 0.15) is 57.4 Å². The molecule has 3 amide bonds. The second-order valence-corrected chi connectivity index (χ2v) is 9.64. The lowest BCUT2D eigenvalue weighted by Crippen LogP contribution is -2.51. The number of anilines is 1. The van der Waals surface area contributed by atoms with Crippen LogP contribution in [0.2, 0.25) is 5.02 Å². The number of carbonyl (C=O) groups excluding carboxylic acids is 3. The van der Waals surface area contributed by atoms with Crippen LogP contribution in [0.25, 0.3) is 0 Å². The van der Waals surface area contributed by atoms with Gasteiger partial charge >= 0.3 is 6.09 Å². The highest BCUT2D eigenvalue weighted by atomic mass is 35.5. The number of hydrogen-bond acceptors (Lipinski definition) is 4. The van der Waals surface area contributed by atoms with Crippen LogP contribution in [-0.4, -0.2) is 41.0 Å². The molecule has 2 N–H and O–H groups in total. The zero-order valence-corrected chi connectivity index (χ0v) is 21.6. The van der Waals surface area contributed by atoms with E-state index in [9.17, 15) is 14.4 Å². The number of amides is 3. The maximum atomic E-state index is 13.6. The van der Waals surface area contributed by atoms with Crippen molar-refractivity contribution in [3.63, 3.8) is 0 Å². The Hall–Kier alpha value is -3.06. The number of benzene rings is 2. The van der Waals surface area contributed by atoms with Crippen molar-refractivity contribution in [2.24, 2.45) is 0 Å². The minimum Gasteiger partial charge on any atom is -0.444 e. The first-order chi connectivity index (χ1) is 15.8. The molecule has 0 spiro atoms. The molecule has 2 rings (SSSR count). The van der Waals surface area contributed by atoms with Gasteiger partial charge < -0.3 is 20.3 Å². The molecule has 2 aromatic carbocycles. The maximum absolute atomic E-state index is 13.6. The monoisotopic (exact) mass is 487 g/mol. The second-order valence-electron chi connectivity index (χ2n) is 9.23. The summed E-state index contributed by atoms with van der Waals surface area (Å²) < 4.78 is 5.27. The van der Waals surface area contributed by atoms with Crippen molar-refractivity contribution in [2.75, 3.05) is 11.9 Å². The Balaban J connectivity index is 2.39. The summed E-state index contributed by atoms with van der Waals surface area (Å²) in [5, 5.41) is 5.88. The average molecular weight is 488 g/mol. The normalized spacial score (nSPS) is 12.9. The number of nitrogens with zero attached hydrogens (tertiary/aromatic N) is 1. The van der Waals surface area contributed by atoms with Crippen LogP contribution in [0, 0.1) is 13.8 Å². The van der Waals surface area contributed by atoms with Gasteiger partial charge in [0.05, 0.1) is 10.7 Å². The third kappa shape index (κ3) is 7.22. The molecule has 0 aliphatic heterocycles. The van der Waals surface area contributed by atoms with E-state index in [1.165, 1.54) is 4.90 Å². The lowest BCUT2D eigenvalue weighted by atomic mass is 10.0. The van der Waals surface area contributed by atoms with Crippen molar-refractivity contribution in [3.8, 4) is 0 Å². The molecule has 0 saturated carbocycles. The summed E-state index contributed by atoms with van der Waals surface area (Å²) in [6.45, 7) is 12.6.